The number of aliphatic hydroxyl groups is 1. The summed E-state index contributed by atoms with van der Waals surface area (Å²) in [5.74, 6) is 0. The quantitative estimate of drug-likeness (QED) is 0.474. The van der Waals surface area contributed by atoms with Crippen molar-refractivity contribution in [3.05, 3.63) is 0 Å². The van der Waals surface area contributed by atoms with Crippen molar-refractivity contribution in [3.8, 4) is 0 Å². The molecule has 0 heterocycles. The van der Waals surface area contributed by atoms with Gasteiger partial charge in [0.25, 0.3) is 0 Å². The third-order valence-electron chi connectivity index (χ3n) is 0. The van der Waals surface area contributed by atoms with Gasteiger partial charge in [0.1, 0.15) is 0 Å². The Hall–Kier alpha value is 0.759. The minimum atomic E-state index is -0.167. The molecule has 2 heteroatoms. The summed E-state index contributed by atoms with van der Waals surface area (Å²) in [4.78, 5) is 0. The van der Waals surface area contributed by atoms with Gasteiger partial charge < -0.3 is 5.11 Å². The van der Waals surface area contributed by atoms with Gasteiger partial charge in [0.15, 0.2) is 0 Å². The summed E-state index contributed by atoms with van der Waals surface area (Å²) >= 11 is 0. The molecule has 34 valence electrons. The second-order valence-electron chi connectivity index (χ2n) is 1.09. The molecule has 0 aromatic rings. The molecule has 0 saturated heterocycles. The van der Waals surface area contributed by atoms with Gasteiger partial charge in [0.05, 0.1) is 0 Å². The Labute approximate surface area is 49.3 Å². The molecule has 0 atom stereocenters. The van der Waals surface area contributed by atoms with Crippen LogP contribution < -0.4 is 0 Å². The SMILES string of the molecule is CC(C)O.[SnH4]. The van der Waals surface area contributed by atoms with Crippen molar-refractivity contribution in [2.45, 2.75) is 20.0 Å². The molecule has 0 aliphatic rings. The van der Waals surface area contributed by atoms with Crippen LogP contribution in [0.5, 0.6) is 0 Å². The molecule has 0 radical (unpaired) electrons. The zero-order chi connectivity index (χ0) is 3.58. The van der Waals surface area contributed by atoms with Gasteiger partial charge in [0, 0.05) is 6.10 Å². The van der Waals surface area contributed by atoms with Crippen molar-refractivity contribution in [1.29, 1.82) is 0 Å². The summed E-state index contributed by atoms with van der Waals surface area (Å²) in [6, 6.07) is 0. The van der Waals surface area contributed by atoms with E-state index in [4.69, 9.17) is 5.11 Å². The van der Waals surface area contributed by atoms with E-state index in [1.54, 1.807) is 13.8 Å². The third-order valence-corrected chi connectivity index (χ3v) is 0. The molecule has 0 fully saturated rings. The fourth-order valence-electron chi connectivity index (χ4n) is 0. The van der Waals surface area contributed by atoms with E-state index in [1.165, 1.54) is 0 Å². The van der Waals surface area contributed by atoms with Gasteiger partial charge in [-0.3, -0.25) is 0 Å². The molecule has 5 heavy (non-hydrogen) atoms. The van der Waals surface area contributed by atoms with Crippen LogP contribution in [0.3, 0.4) is 0 Å². The van der Waals surface area contributed by atoms with E-state index in [2.05, 4.69) is 0 Å². The van der Waals surface area contributed by atoms with Gasteiger partial charge in [0.2, 0.25) is 0 Å². The van der Waals surface area contributed by atoms with Crippen LogP contribution in [0.1, 0.15) is 13.8 Å². The average molecular weight is 183 g/mol. The summed E-state index contributed by atoms with van der Waals surface area (Å²) in [5, 5.41) is 8.06. The Morgan fingerprint density at radius 2 is 1.40 bits per heavy atom. The Balaban J connectivity index is 0. The van der Waals surface area contributed by atoms with Crippen LogP contribution in [0.15, 0.2) is 0 Å². The number of hydrogen-bond acceptors (Lipinski definition) is 1. The third kappa shape index (κ3) is 62.9. The standard InChI is InChI=1S/C3H8O.Sn.4H/c1-3(2)4;;;;;/h3-4H,1-2H3;;;;;. The van der Waals surface area contributed by atoms with Crippen LogP contribution in [0.25, 0.3) is 0 Å². The van der Waals surface area contributed by atoms with Gasteiger partial charge in [-0.05, 0) is 13.8 Å². The van der Waals surface area contributed by atoms with E-state index in [-0.39, 0.29) is 30.0 Å². The van der Waals surface area contributed by atoms with E-state index in [9.17, 15) is 0 Å². The molecular formula is C3H12OSn. The Morgan fingerprint density at radius 1 is 1.40 bits per heavy atom. The second kappa shape index (κ2) is 4.76. The van der Waals surface area contributed by atoms with E-state index in [0.29, 0.717) is 0 Å². The van der Waals surface area contributed by atoms with Crippen molar-refractivity contribution in [2.24, 2.45) is 0 Å². The van der Waals surface area contributed by atoms with Crippen LogP contribution in [-0.4, -0.2) is 35.1 Å². The monoisotopic (exact) mass is 184 g/mol. The van der Waals surface area contributed by atoms with Gasteiger partial charge in [-0.15, -0.1) is 0 Å². The van der Waals surface area contributed by atoms with Crippen LogP contribution in [-0.2, 0) is 0 Å². The first kappa shape index (κ1) is 9.23. The van der Waals surface area contributed by atoms with Gasteiger partial charge in [-0.25, -0.2) is 0 Å². The summed E-state index contributed by atoms with van der Waals surface area (Å²) in [7, 11) is 0. The van der Waals surface area contributed by atoms with Gasteiger partial charge >= 0.3 is 23.9 Å². The maximum absolute atomic E-state index is 8.06. The summed E-state index contributed by atoms with van der Waals surface area (Å²) < 4.78 is 0. The molecule has 0 aromatic carbocycles. The summed E-state index contributed by atoms with van der Waals surface area (Å²) in [6.45, 7) is 3.44. The molecule has 1 N–H and O–H groups in total. The molecule has 0 amide bonds. The normalized spacial score (nSPS) is 7.20. The van der Waals surface area contributed by atoms with Crippen molar-refractivity contribution >= 4 is 23.9 Å². The Bertz CT molecular complexity index is 11.6. The summed E-state index contributed by atoms with van der Waals surface area (Å²) in [5.41, 5.74) is 0. The van der Waals surface area contributed by atoms with E-state index in [0.717, 1.165) is 0 Å². The number of hydrogen-bond donors (Lipinski definition) is 1. The Kier molecular flexibility index (Phi) is 8.79. The number of rotatable bonds is 0. The van der Waals surface area contributed by atoms with Crippen molar-refractivity contribution in [1.82, 2.24) is 0 Å². The van der Waals surface area contributed by atoms with Crippen molar-refractivity contribution in [3.63, 3.8) is 0 Å². The molecule has 0 aliphatic carbocycles. The van der Waals surface area contributed by atoms with Gasteiger partial charge in [-0.1, -0.05) is 0 Å². The van der Waals surface area contributed by atoms with E-state index < -0.39 is 0 Å². The Morgan fingerprint density at radius 3 is 1.40 bits per heavy atom. The topological polar surface area (TPSA) is 20.2 Å². The molecule has 0 bridgehead atoms. The van der Waals surface area contributed by atoms with E-state index in [1.807, 2.05) is 0 Å². The first-order chi connectivity index (χ1) is 1.73. The first-order valence-corrected chi connectivity index (χ1v) is 1.41. The minimum absolute atomic E-state index is 0. The zero-order valence-corrected chi connectivity index (χ0v) is 3.02. The van der Waals surface area contributed by atoms with Crippen LogP contribution in [0, 0.1) is 0 Å². The molecule has 0 aromatic heterocycles. The molecule has 0 aliphatic heterocycles. The zero-order valence-electron chi connectivity index (χ0n) is 3.02. The molecule has 0 saturated carbocycles. The van der Waals surface area contributed by atoms with Crippen LogP contribution >= 0.6 is 0 Å². The van der Waals surface area contributed by atoms with Crippen LogP contribution in [0.4, 0.5) is 0 Å². The molecule has 0 rings (SSSR count). The molecular weight excluding hydrogens is 171 g/mol. The van der Waals surface area contributed by atoms with Gasteiger partial charge in [-0.2, -0.15) is 0 Å². The predicted octanol–water partition coefficient (Wildman–Crippen LogP) is -1.06. The summed E-state index contributed by atoms with van der Waals surface area (Å²) in [6.07, 6.45) is -0.167. The van der Waals surface area contributed by atoms with E-state index >= 15 is 0 Å². The molecule has 0 spiro atoms. The first-order valence-electron chi connectivity index (χ1n) is 1.41. The fourth-order valence-corrected chi connectivity index (χ4v) is 0. The van der Waals surface area contributed by atoms with Crippen molar-refractivity contribution < 1.29 is 5.11 Å². The average Bonchev–Trinajstić information content (AvgIpc) is 0.811. The van der Waals surface area contributed by atoms with Crippen molar-refractivity contribution in [2.75, 3.05) is 0 Å². The second-order valence-corrected chi connectivity index (χ2v) is 1.09. The fraction of sp³-hybridized carbons (Fsp3) is 1.00. The molecule has 0 unspecified atom stereocenters. The predicted molar refractivity (Wildman–Crippen MR) is 28.7 cm³/mol. The maximum atomic E-state index is 8.06. The van der Waals surface area contributed by atoms with Crippen LogP contribution in [0.2, 0.25) is 0 Å². The number of aliphatic hydroxyl groups excluding tert-OH is 1. The molecule has 1 nitrogen and oxygen atoms in total.